The Labute approximate surface area is 273 Å². The SMILES string of the molecule is Cc1ccc(F)cc1[C@@H]1N=C(N2CCN(C3CCS(=O)(=O)CC3)CC2)C[C@H](c2cccc(Cl)c2)[C@@]12C(=O)Nc1cc(Cl)ccc12. The van der Waals surface area contributed by atoms with E-state index in [1.54, 1.807) is 18.2 Å². The van der Waals surface area contributed by atoms with Crippen molar-refractivity contribution in [1.29, 1.82) is 0 Å². The largest absolute Gasteiger partial charge is 0.358 e. The van der Waals surface area contributed by atoms with Gasteiger partial charge >= 0.3 is 0 Å². The first-order valence-electron chi connectivity index (χ1n) is 15.4. The highest BCUT2D eigenvalue weighted by Crippen LogP contribution is 2.59. The van der Waals surface area contributed by atoms with E-state index in [2.05, 4.69) is 15.1 Å². The second-order valence-corrected chi connectivity index (χ2v) is 15.9. The van der Waals surface area contributed by atoms with Crippen molar-refractivity contribution >= 4 is 50.5 Å². The molecule has 1 spiro atoms. The summed E-state index contributed by atoms with van der Waals surface area (Å²) in [6.07, 6.45) is 1.83. The predicted octanol–water partition coefficient (Wildman–Crippen LogP) is 6.15. The van der Waals surface area contributed by atoms with Crippen LogP contribution in [-0.2, 0) is 20.0 Å². The first-order valence-corrected chi connectivity index (χ1v) is 18.0. The first kappa shape index (κ1) is 30.7. The molecule has 4 aliphatic rings. The lowest BCUT2D eigenvalue weighted by molar-refractivity contribution is -0.122. The molecule has 7 rings (SSSR count). The minimum Gasteiger partial charge on any atom is -0.358 e. The molecule has 11 heteroatoms. The van der Waals surface area contributed by atoms with Crippen molar-refractivity contribution in [3.63, 3.8) is 0 Å². The number of amidine groups is 1. The maximum Gasteiger partial charge on any atom is 0.238 e. The van der Waals surface area contributed by atoms with Gasteiger partial charge in [0.05, 0.1) is 17.5 Å². The lowest BCUT2D eigenvalue weighted by Gasteiger charge is -2.48. The zero-order valence-corrected chi connectivity index (χ0v) is 27.3. The smallest absolute Gasteiger partial charge is 0.238 e. The van der Waals surface area contributed by atoms with Crippen LogP contribution in [-0.4, -0.2) is 73.7 Å². The molecule has 4 heterocycles. The second-order valence-electron chi connectivity index (χ2n) is 12.7. The lowest BCUT2D eigenvalue weighted by Crippen LogP contribution is -2.56. The monoisotopic (exact) mass is 668 g/mol. The summed E-state index contributed by atoms with van der Waals surface area (Å²) in [4.78, 5) is 24.6. The molecule has 0 bridgehead atoms. The summed E-state index contributed by atoms with van der Waals surface area (Å²) in [5.41, 5.74) is 2.68. The van der Waals surface area contributed by atoms with E-state index in [0.29, 0.717) is 40.6 Å². The van der Waals surface area contributed by atoms with Crippen molar-refractivity contribution < 1.29 is 17.6 Å². The van der Waals surface area contributed by atoms with Crippen molar-refractivity contribution in [2.75, 3.05) is 43.0 Å². The Balaban J connectivity index is 1.33. The van der Waals surface area contributed by atoms with Crippen LogP contribution in [0.1, 0.15) is 53.5 Å². The van der Waals surface area contributed by atoms with Gasteiger partial charge in [-0.05, 0) is 78.4 Å². The summed E-state index contributed by atoms with van der Waals surface area (Å²) >= 11 is 12.9. The normalized spacial score (nSPS) is 26.9. The molecule has 0 aromatic heterocycles. The van der Waals surface area contributed by atoms with Crippen LogP contribution in [0.25, 0.3) is 0 Å². The number of carbonyl (C=O) groups excluding carboxylic acids is 1. The number of anilines is 1. The third kappa shape index (κ3) is 5.45. The number of piperazine rings is 1. The molecule has 3 aromatic carbocycles. The number of fused-ring (bicyclic) bond motifs is 2. The molecule has 2 saturated heterocycles. The number of aliphatic imine (C=N–C) groups is 1. The standard InChI is InChI=1S/C34H35Cl2FN4O3S/c1-21-5-7-25(37)19-27(21)32-34(28-8-6-24(36)18-30(28)38-33(34)42)29(22-3-2-4-23(35)17-22)20-31(39-32)41-13-11-40(12-14-41)26-9-15-45(43,44)16-10-26/h2-8,17-19,26,29,32H,9-16,20H2,1H3,(H,38,42)/t29-,32+,34-/m1/s1. The van der Waals surface area contributed by atoms with E-state index in [1.165, 1.54) is 12.1 Å². The van der Waals surface area contributed by atoms with Gasteiger partial charge in [0.25, 0.3) is 0 Å². The number of hydrogen-bond donors (Lipinski definition) is 1. The third-order valence-corrected chi connectivity index (χ3v) is 12.4. The Bertz CT molecular complexity index is 1800. The van der Waals surface area contributed by atoms with Crippen LogP contribution >= 0.6 is 23.2 Å². The summed E-state index contributed by atoms with van der Waals surface area (Å²) in [5.74, 6) is 0.429. The first-order chi connectivity index (χ1) is 21.5. The van der Waals surface area contributed by atoms with Crippen molar-refractivity contribution in [3.8, 4) is 0 Å². The number of nitrogens with zero attached hydrogens (tertiary/aromatic N) is 3. The highest BCUT2D eigenvalue weighted by Gasteiger charge is 2.61. The molecule has 3 aromatic rings. The average molecular weight is 670 g/mol. The van der Waals surface area contributed by atoms with E-state index in [1.807, 2.05) is 37.3 Å². The molecule has 3 atom stereocenters. The summed E-state index contributed by atoms with van der Waals surface area (Å²) in [6.45, 7) is 4.97. The maximum atomic E-state index is 15.0. The van der Waals surface area contributed by atoms with Crippen molar-refractivity contribution in [3.05, 3.63) is 98.8 Å². The number of aryl methyl sites for hydroxylation is 1. The topological polar surface area (TPSA) is 82.1 Å². The second kappa shape index (κ2) is 11.7. The van der Waals surface area contributed by atoms with Crippen molar-refractivity contribution in [2.24, 2.45) is 4.99 Å². The van der Waals surface area contributed by atoms with Gasteiger partial charge in [-0.2, -0.15) is 0 Å². The maximum absolute atomic E-state index is 15.0. The molecule has 4 aliphatic heterocycles. The summed E-state index contributed by atoms with van der Waals surface area (Å²) < 4.78 is 39.0. The number of carbonyl (C=O) groups is 1. The molecular weight excluding hydrogens is 634 g/mol. The van der Waals surface area contributed by atoms with E-state index in [4.69, 9.17) is 28.2 Å². The molecule has 45 heavy (non-hydrogen) atoms. The Hall–Kier alpha value is -2.98. The molecule has 1 N–H and O–H groups in total. The van der Waals surface area contributed by atoms with E-state index >= 15 is 0 Å². The van der Waals surface area contributed by atoms with E-state index in [9.17, 15) is 17.6 Å². The number of benzene rings is 3. The number of halogens is 3. The average Bonchev–Trinajstić information content (AvgIpc) is 3.29. The molecule has 1 amide bonds. The van der Waals surface area contributed by atoms with Gasteiger partial charge in [0, 0.05) is 60.3 Å². The Morgan fingerprint density at radius 2 is 1.69 bits per heavy atom. The fraction of sp³-hybridized carbons (Fsp3) is 0.412. The van der Waals surface area contributed by atoms with E-state index in [-0.39, 0.29) is 35.2 Å². The van der Waals surface area contributed by atoms with Gasteiger partial charge in [-0.25, -0.2) is 12.8 Å². The Morgan fingerprint density at radius 3 is 2.42 bits per heavy atom. The molecule has 236 valence electrons. The number of hydrogen-bond acceptors (Lipinski definition) is 6. The molecule has 0 aliphatic carbocycles. The van der Waals surface area contributed by atoms with Crippen molar-refractivity contribution in [1.82, 2.24) is 9.80 Å². The number of amides is 1. The number of nitrogens with one attached hydrogen (secondary N) is 1. The van der Waals surface area contributed by atoms with Gasteiger partial charge in [-0.15, -0.1) is 0 Å². The van der Waals surface area contributed by atoms with Crippen LogP contribution in [0.3, 0.4) is 0 Å². The summed E-state index contributed by atoms with van der Waals surface area (Å²) in [5, 5.41) is 4.19. The van der Waals surface area contributed by atoms with Crippen LogP contribution in [0, 0.1) is 12.7 Å². The Kier molecular flexibility index (Phi) is 7.95. The number of rotatable bonds is 3. The van der Waals surface area contributed by atoms with Gasteiger partial charge in [0.1, 0.15) is 26.9 Å². The van der Waals surface area contributed by atoms with Crippen LogP contribution in [0.5, 0.6) is 0 Å². The van der Waals surface area contributed by atoms with Gasteiger partial charge in [-0.3, -0.25) is 14.7 Å². The lowest BCUT2D eigenvalue weighted by atomic mass is 9.59. The quantitative estimate of drug-likeness (QED) is 0.362. The van der Waals surface area contributed by atoms with Gasteiger partial charge < -0.3 is 10.2 Å². The molecule has 0 radical (unpaired) electrons. The molecule has 2 fully saturated rings. The zero-order chi connectivity index (χ0) is 31.5. The fourth-order valence-corrected chi connectivity index (χ4v) is 9.74. The Morgan fingerprint density at radius 1 is 0.956 bits per heavy atom. The molecule has 7 nitrogen and oxygen atoms in total. The predicted molar refractivity (Wildman–Crippen MR) is 177 cm³/mol. The van der Waals surface area contributed by atoms with Gasteiger partial charge in [0.15, 0.2) is 0 Å². The fourth-order valence-electron chi connectivity index (χ4n) is 7.91. The van der Waals surface area contributed by atoms with Crippen LogP contribution < -0.4 is 5.32 Å². The number of sulfone groups is 1. The van der Waals surface area contributed by atoms with E-state index < -0.39 is 21.3 Å². The van der Waals surface area contributed by atoms with Crippen LogP contribution in [0.4, 0.5) is 10.1 Å². The zero-order valence-electron chi connectivity index (χ0n) is 25.0. The molecule has 0 unspecified atom stereocenters. The van der Waals surface area contributed by atoms with Gasteiger partial charge in [0.2, 0.25) is 5.91 Å². The summed E-state index contributed by atoms with van der Waals surface area (Å²) in [7, 11) is -2.93. The minimum atomic E-state index is -2.93. The van der Waals surface area contributed by atoms with Crippen LogP contribution in [0.15, 0.2) is 65.7 Å². The van der Waals surface area contributed by atoms with E-state index in [0.717, 1.165) is 48.7 Å². The van der Waals surface area contributed by atoms with Crippen LogP contribution in [0.2, 0.25) is 10.0 Å². The third-order valence-electron chi connectivity index (χ3n) is 10.2. The highest BCUT2D eigenvalue weighted by molar-refractivity contribution is 7.91. The van der Waals surface area contributed by atoms with Crippen molar-refractivity contribution in [2.45, 2.75) is 49.6 Å². The minimum absolute atomic E-state index is 0.196. The summed E-state index contributed by atoms with van der Waals surface area (Å²) in [6, 6.07) is 17.4. The molecule has 0 saturated carbocycles. The van der Waals surface area contributed by atoms with Gasteiger partial charge in [-0.1, -0.05) is 47.5 Å². The molecular formula is C34H35Cl2FN4O3S. The highest BCUT2D eigenvalue weighted by atomic mass is 35.5.